The molecule has 0 aliphatic heterocycles. The van der Waals surface area contributed by atoms with Gasteiger partial charge in [-0.25, -0.2) is 0 Å². The Balaban J connectivity index is 3.63. The summed E-state index contributed by atoms with van der Waals surface area (Å²) in [6.07, 6.45) is 0. The second-order valence-electron chi connectivity index (χ2n) is 6.39. The molecular weight excluding hydrogens is 250 g/mol. The summed E-state index contributed by atoms with van der Waals surface area (Å²) < 4.78 is 0. The lowest BCUT2D eigenvalue weighted by Crippen LogP contribution is -2.24. The van der Waals surface area contributed by atoms with E-state index in [1.165, 1.54) is 5.56 Å². The Morgan fingerprint density at radius 2 is 1.35 bits per heavy atom. The smallest absolute Gasteiger partial charge is 0.325 e. The number of nitrogens with two attached hydrogens (primary N) is 1. The van der Waals surface area contributed by atoms with Crippen molar-refractivity contribution in [2.24, 2.45) is 5.73 Å². The number of carbonyl (C=O) groups is 1. The van der Waals surface area contributed by atoms with Gasteiger partial charge in [-0.3, -0.25) is 4.79 Å². The number of carboxylic acids is 1. The summed E-state index contributed by atoms with van der Waals surface area (Å²) in [6.45, 7) is 12.6. The quantitative estimate of drug-likeness (QED) is 0.850. The maximum Gasteiger partial charge on any atom is 0.325 e. The molecule has 0 radical (unpaired) electrons. The van der Waals surface area contributed by atoms with Crippen LogP contribution >= 0.6 is 0 Å². The van der Waals surface area contributed by atoms with Crippen LogP contribution in [0.15, 0.2) is 12.1 Å². The van der Waals surface area contributed by atoms with Crippen LogP contribution in [0.25, 0.3) is 0 Å². The van der Waals surface area contributed by atoms with E-state index in [0.717, 1.165) is 16.7 Å². The van der Waals surface area contributed by atoms with E-state index >= 15 is 0 Å². The zero-order valence-electron chi connectivity index (χ0n) is 13.4. The maximum atomic E-state index is 11.3. The van der Waals surface area contributed by atoms with Crippen molar-refractivity contribution in [3.05, 3.63) is 34.4 Å². The zero-order valence-corrected chi connectivity index (χ0v) is 13.4. The lowest BCUT2D eigenvalue weighted by molar-refractivity contribution is -0.138. The highest BCUT2D eigenvalue weighted by Gasteiger charge is 2.25. The van der Waals surface area contributed by atoms with Crippen LogP contribution in [-0.4, -0.2) is 11.1 Å². The minimum atomic E-state index is -0.967. The van der Waals surface area contributed by atoms with Crippen molar-refractivity contribution in [2.45, 2.75) is 65.3 Å². The first-order valence-electron chi connectivity index (χ1n) is 7.32. The van der Waals surface area contributed by atoms with Crippen LogP contribution in [0.2, 0.25) is 0 Å². The van der Waals surface area contributed by atoms with E-state index in [1.807, 2.05) is 0 Å². The van der Waals surface area contributed by atoms with Gasteiger partial charge in [0.15, 0.2) is 0 Å². The molecule has 0 fully saturated rings. The molecule has 0 heterocycles. The minimum Gasteiger partial charge on any atom is -0.480 e. The molecule has 0 amide bonds. The molecule has 112 valence electrons. The third-order valence-corrected chi connectivity index (χ3v) is 3.75. The van der Waals surface area contributed by atoms with Crippen molar-refractivity contribution in [2.75, 3.05) is 0 Å². The molecule has 3 heteroatoms. The van der Waals surface area contributed by atoms with Crippen LogP contribution in [-0.2, 0) is 4.79 Å². The van der Waals surface area contributed by atoms with Crippen LogP contribution in [0.4, 0.5) is 0 Å². The molecule has 0 aliphatic carbocycles. The summed E-state index contributed by atoms with van der Waals surface area (Å²) in [4.78, 5) is 11.3. The van der Waals surface area contributed by atoms with Gasteiger partial charge in [0.1, 0.15) is 6.04 Å². The third-order valence-electron chi connectivity index (χ3n) is 3.75. The number of aliphatic carboxylic acids is 1. The predicted octanol–water partition coefficient (Wildman–Crippen LogP) is 4.14. The summed E-state index contributed by atoms with van der Waals surface area (Å²) in [5.41, 5.74) is 10.1. The molecule has 1 atom stereocenters. The standard InChI is InChI=1S/C17H27NO2/c1-9(2)12-7-13(10(3)4)15(16(18)17(19)20)14(8-12)11(5)6/h7-11,16H,18H2,1-6H3,(H,19,20)/t16-/m0/s1. The predicted molar refractivity (Wildman–Crippen MR) is 83.3 cm³/mol. The number of benzene rings is 1. The highest BCUT2D eigenvalue weighted by atomic mass is 16.4. The van der Waals surface area contributed by atoms with Gasteiger partial charge in [0.25, 0.3) is 0 Å². The lowest BCUT2D eigenvalue weighted by Gasteiger charge is -2.24. The van der Waals surface area contributed by atoms with Crippen LogP contribution in [0.3, 0.4) is 0 Å². The average Bonchev–Trinajstić information content (AvgIpc) is 2.35. The number of rotatable bonds is 5. The molecule has 1 aromatic carbocycles. The van der Waals surface area contributed by atoms with Crippen molar-refractivity contribution >= 4 is 5.97 Å². The summed E-state index contributed by atoms with van der Waals surface area (Å²) in [7, 11) is 0. The molecule has 3 N–H and O–H groups in total. The van der Waals surface area contributed by atoms with E-state index in [0.29, 0.717) is 5.92 Å². The van der Waals surface area contributed by atoms with Gasteiger partial charge in [0.05, 0.1) is 0 Å². The third kappa shape index (κ3) is 3.40. The minimum absolute atomic E-state index is 0.256. The highest BCUT2D eigenvalue weighted by molar-refractivity contribution is 5.77. The van der Waals surface area contributed by atoms with E-state index in [4.69, 9.17) is 5.73 Å². The van der Waals surface area contributed by atoms with Gasteiger partial charge in [0.2, 0.25) is 0 Å². The van der Waals surface area contributed by atoms with Crippen LogP contribution < -0.4 is 5.73 Å². The number of carboxylic acid groups (broad SMARTS) is 1. The normalized spacial score (nSPS) is 13.3. The van der Waals surface area contributed by atoms with Gasteiger partial charge < -0.3 is 10.8 Å². The van der Waals surface area contributed by atoms with Crippen LogP contribution in [0, 0.1) is 0 Å². The lowest BCUT2D eigenvalue weighted by atomic mass is 9.82. The molecule has 3 nitrogen and oxygen atoms in total. The maximum absolute atomic E-state index is 11.3. The van der Waals surface area contributed by atoms with E-state index in [-0.39, 0.29) is 11.8 Å². The average molecular weight is 277 g/mol. The summed E-state index contributed by atoms with van der Waals surface area (Å²) in [5, 5.41) is 9.30. The van der Waals surface area contributed by atoms with Crippen molar-refractivity contribution in [1.29, 1.82) is 0 Å². The van der Waals surface area contributed by atoms with E-state index in [1.54, 1.807) is 0 Å². The van der Waals surface area contributed by atoms with Gasteiger partial charge in [-0.05, 0) is 40.0 Å². The molecule has 0 saturated carbocycles. The van der Waals surface area contributed by atoms with E-state index < -0.39 is 12.0 Å². The first-order valence-corrected chi connectivity index (χ1v) is 7.32. The Labute approximate surface area is 122 Å². The monoisotopic (exact) mass is 277 g/mol. The SMILES string of the molecule is CC(C)c1cc(C(C)C)c([C@H](N)C(=O)O)c(C(C)C)c1. The summed E-state index contributed by atoms with van der Waals surface area (Å²) >= 11 is 0. The van der Waals surface area contributed by atoms with Crippen LogP contribution in [0.1, 0.15) is 87.6 Å². The van der Waals surface area contributed by atoms with Crippen LogP contribution in [0.5, 0.6) is 0 Å². The fourth-order valence-corrected chi connectivity index (χ4v) is 2.49. The molecule has 0 bridgehead atoms. The summed E-state index contributed by atoms with van der Waals surface area (Å²) in [5.74, 6) is -0.0376. The molecule has 0 saturated heterocycles. The Morgan fingerprint density at radius 1 is 0.950 bits per heavy atom. The second-order valence-corrected chi connectivity index (χ2v) is 6.39. The van der Waals surface area contributed by atoms with E-state index in [9.17, 15) is 9.90 Å². The van der Waals surface area contributed by atoms with Crippen molar-refractivity contribution in [3.63, 3.8) is 0 Å². The highest BCUT2D eigenvalue weighted by Crippen LogP contribution is 2.35. The summed E-state index contributed by atoms with van der Waals surface area (Å²) in [6, 6.07) is 3.30. The molecule has 1 aromatic rings. The second kappa shape index (κ2) is 6.40. The molecule has 0 spiro atoms. The van der Waals surface area contributed by atoms with Gasteiger partial charge in [-0.15, -0.1) is 0 Å². The van der Waals surface area contributed by atoms with Gasteiger partial charge >= 0.3 is 5.97 Å². The first-order chi connectivity index (χ1) is 9.16. The number of hydrogen-bond acceptors (Lipinski definition) is 2. The Hall–Kier alpha value is -1.35. The molecule has 0 unspecified atom stereocenters. The van der Waals surface area contributed by atoms with Crippen molar-refractivity contribution in [1.82, 2.24) is 0 Å². The fourth-order valence-electron chi connectivity index (χ4n) is 2.49. The zero-order chi connectivity index (χ0) is 15.6. The number of hydrogen-bond donors (Lipinski definition) is 2. The topological polar surface area (TPSA) is 63.3 Å². The fraction of sp³-hybridized carbons (Fsp3) is 0.588. The largest absolute Gasteiger partial charge is 0.480 e. The molecular formula is C17H27NO2. The van der Waals surface area contributed by atoms with Gasteiger partial charge in [0, 0.05) is 0 Å². The Kier molecular flexibility index (Phi) is 5.35. The van der Waals surface area contributed by atoms with Crippen molar-refractivity contribution < 1.29 is 9.90 Å². The van der Waals surface area contributed by atoms with Gasteiger partial charge in [-0.2, -0.15) is 0 Å². The molecule has 0 aliphatic rings. The molecule has 20 heavy (non-hydrogen) atoms. The Bertz CT molecular complexity index is 461. The van der Waals surface area contributed by atoms with E-state index in [2.05, 4.69) is 53.7 Å². The first kappa shape index (κ1) is 16.7. The Morgan fingerprint density at radius 3 is 1.60 bits per heavy atom. The molecule has 1 rings (SSSR count). The van der Waals surface area contributed by atoms with Crippen molar-refractivity contribution in [3.8, 4) is 0 Å². The molecule has 0 aromatic heterocycles. The van der Waals surface area contributed by atoms with Gasteiger partial charge in [-0.1, -0.05) is 53.7 Å².